The fraction of sp³-hybridized carbons (Fsp3) is 0.318. The highest BCUT2D eigenvalue weighted by atomic mass is 35.5. The molecular formula is C22H21ClN2O5. The maximum atomic E-state index is 13.0. The molecule has 4 rings (SSSR count). The molecule has 0 spiro atoms. The quantitative estimate of drug-likeness (QED) is 0.756. The SMILES string of the molecule is COC(=O)c1ccccc1N1CC(C(=O)NC2CCOc3ccc(Cl)cc32)CC1=O. The molecule has 2 heterocycles. The Labute approximate surface area is 178 Å². The number of nitrogens with zero attached hydrogens (tertiary/aromatic N) is 1. The van der Waals surface area contributed by atoms with Gasteiger partial charge in [-0.1, -0.05) is 23.7 Å². The zero-order valence-corrected chi connectivity index (χ0v) is 17.1. The van der Waals surface area contributed by atoms with Crippen LogP contribution in [0.1, 0.15) is 34.8 Å². The summed E-state index contributed by atoms with van der Waals surface area (Å²) in [4.78, 5) is 39.1. The summed E-state index contributed by atoms with van der Waals surface area (Å²) in [6, 6.07) is 11.8. The minimum atomic E-state index is -0.526. The van der Waals surface area contributed by atoms with E-state index < -0.39 is 11.9 Å². The van der Waals surface area contributed by atoms with Crippen molar-refractivity contribution in [3.8, 4) is 5.75 Å². The van der Waals surface area contributed by atoms with Gasteiger partial charge in [0.25, 0.3) is 0 Å². The summed E-state index contributed by atoms with van der Waals surface area (Å²) in [5.41, 5.74) is 1.58. The van der Waals surface area contributed by atoms with E-state index in [1.54, 1.807) is 42.5 Å². The van der Waals surface area contributed by atoms with Crippen LogP contribution < -0.4 is 15.0 Å². The number of nitrogens with one attached hydrogen (secondary N) is 1. The Bertz CT molecular complexity index is 1010. The summed E-state index contributed by atoms with van der Waals surface area (Å²) in [5, 5.41) is 3.61. The molecule has 2 aliphatic heterocycles. The average Bonchev–Trinajstić information content (AvgIpc) is 3.15. The Balaban J connectivity index is 1.50. The van der Waals surface area contributed by atoms with Crippen LogP contribution in [0.25, 0.3) is 0 Å². The monoisotopic (exact) mass is 428 g/mol. The van der Waals surface area contributed by atoms with Crippen LogP contribution in [-0.4, -0.2) is 38.0 Å². The molecule has 7 nitrogen and oxygen atoms in total. The Morgan fingerprint density at radius 1 is 1.23 bits per heavy atom. The molecule has 8 heteroatoms. The molecule has 0 saturated carbocycles. The zero-order chi connectivity index (χ0) is 21.3. The van der Waals surface area contributed by atoms with Crippen molar-refractivity contribution in [2.45, 2.75) is 18.9 Å². The first-order valence-corrected chi connectivity index (χ1v) is 10.1. The molecule has 2 aromatic carbocycles. The molecule has 2 atom stereocenters. The molecule has 1 N–H and O–H groups in total. The van der Waals surface area contributed by atoms with Gasteiger partial charge in [-0.2, -0.15) is 0 Å². The lowest BCUT2D eigenvalue weighted by molar-refractivity contribution is -0.127. The Morgan fingerprint density at radius 2 is 2.03 bits per heavy atom. The van der Waals surface area contributed by atoms with Gasteiger partial charge >= 0.3 is 5.97 Å². The van der Waals surface area contributed by atoms with E-state index in [-0.39, 0.29) is 30.8 Å². The smallest absolute Gasteiger partial charge is 0.339 e. The van der Waals surface area contributed by atoms with Crippen molar-refractivity contribution in [3.05, 3.63) is 58.6 Å². The highest BCUT2D eigenvalue weighted by Crippen LogP contribution is 2.35. The van der Waals surface area contributed by atoms with Gasteiger partial charge in [-0.25, -0.2) is 4.79 Å². The lowest BCUT2D eigenvalue weighted by Crippen LogP contribution is -2.37. The Hall–Kier alpha value is -3.06. The van der Waals surface area contributed by atoms with E-state index in [2.05, 4.69) is 5.32 Å². The van der Waals surface area contributed by atoms with Gasteiger partial charge in [-0.3, -0.25) is 9.59 Å². The molecule has 2 unspecified atom stereocenters. The van der Waals surface area contributed by atoms with E-state index in [4.69, 9.17) is 21.1 Å². The molecule has 0 aromatic heterocycles. The first-order chi connectivity index (χ1) is 14.5. The maximum absolute atomic E-state index is 13.0. The molecule has 0 radical (unpaired) electrons. The van der Waals surface area contributed by atoms with Crippen molar-refractivity contribution in [3.63, 3.8) is 0 Å². The van der Waals surface area contributed by atoms with Crippen molar-refractivity contribution in [2.75, 3.05) is 25.2 Å². The predicted molar refractivity (Wildman–Crippen MR) is 111 cm³/mol. The number of esters is 1. The summed E-state index contributed by atoms with van der Waals surface area (Å²) >= 11 is 6.11. The van der Waals surface area contributed by atoms with Crippen LogP contribution in [0.2, 0.25) is 5.02 Å². The number of carbonyl (C=O) groups is 3. The summed E-state index contributed by atoms with van der Waals surface area (Å²) in [5.74, 6) is -0.760. The van der Waals surface area contributed by atoms with E-state index in [1.165, 1.54) is 12.0 Å². The molecule has 2 amide bonds. The number of hydrogen-bond donors (Lipinski definition) is 1. The molecule has 0 aliphatic carbocycles. The lowest BCUT2D eigenvalue weighted by atomic mass is 9.99. The second-order valence-corrected chi connectivity index (χ2v) is 7.73. The molecule has 0 bridgehead atoms. The first kappa shape index (κ1) is 20.2. The van der Waals surface area contributed by atoms with Crippen LogP contribution in [-0.2, 0) is 14.3 Å². The molecule has 2 aliphatic rings. The number of carbonyl (C=O) groups excluding carboxylic acids is 3. The van der Waals surface area contributed by atoms with Crippen LogP contribution >= 0.6 is 11.6 Å². The van der Waals surface area contributed by atoms with Crippen molar-refractivity contribution in [1.82, 2.24) is 5.32 Å². The molecule has 30 heavy (non-hydrogen) atoms. The third-order valence-electron chi connectivity index (χ3n) is 5.42. The third-order valence-corrected chi connectivity index (χ3v) is 5.66. The Kier molecular flexibility index (Phi) is 5.63. The number of benzene rings is 2. The standard InChI is InChI=1S/C22H21ClN2O5/c1-29-22(28)15-4-2-3-5-18(15)25-12-13(10-20(25)26)21(27)24-17-8-9-30-19-7-6-14(23)11-16(17)19/h2-7,11,13,17H,8-10,12H2,1H3,(H,24,27). The summed E-state index contributed by atoms with van der Waals surface area (Å²) < 4.78 is 10.4. The second-order valence-electron chi connectivity index (χ2n) is 7.29. The van der Waals surface area contributed by atoms with Crippen LogP contribution in [0.4, 0.5) is 5.69 Å². The summed E-state index contributed by atoms with van der Waals surface area (Å²) in [7, 11) is 1.29. The second kappa shape index (κ2) is 8.36. The van der Waals surface area contributed by atoms with Gasteiger partial charge in [0, 0.05) is 30.0 Å². The average molecular weight is 429 g/mol. The minimum Gasteiger partial charge on any atom is -0.493 e. The number of methoxy groups -OCH3 is 1. The lowest BCUT2D eigenvalue weighted by Gasteiger charge is -2.28. The Morgan fingerprint density at radius 3 is 2.83 bits per heavy atom. The summed E-state index contributed by atoms with van der Waals surface area (Å²) in [6.07, 6.45) is 0.696. The van der Waals surface area contributed by atoms with Gasteiger partial charge in [0.1, 0.15) is 5.75 Å². The van der Waals surface area contributed by atoms with Gasteiger partial charge in [-0.05, 0) is 30.3 Å². The number of ether oxygens (including phenoxy) is 2. The highest BCUT2D eigenvalue weighted by Gasteiger charge is 2.38. The van der Waals surface area contributed by atoms with E-state index in [1.807, 2.05) is 0 Å². The van der Waals surface area contributed by atoms with E-state index in [0.717, 1.165) is 5.56 Å². The van der Waals surface area contributed by atoms with E-state index >= 15 is 0 Å². The predicted octanol–water partition coefficient (Wildman–Crippen LogP) is 3.12. The van der Waals surface area contributed by atoms with Crippen molar-refractivity contribution in [2.24, 2.45) is 5.92 Å². The normalized spacial score (nSPS) is 20.3. The molecular weight excluding hydrogens is 408 g/mol. The fourth-order valence-electron chi connectivity index (χ4n) is 3.91. The number of amides is 2. The molecule has 2 aromatic rings. The minimum absolute atomic E-state index is 0.0764. The fourth-order valence-corrected chi connectivity index (χ4v) is 4.09. The van der Waals surface area contributed by atoms with Crippen LogP contribution in [0.3, 0.4) is 0 Å². The highest BCUT2D eigenvalue weighted by molar-refractivity contribution is 6.30. The van der Waals surface area contributed by atoms with Crippen LogP contribution in [0, 0.1) is 5.92 Å². The summed E-state index contributed by atoms with van der Waals surface area (Å²) in [6.45, 7) is 0.687. The topological polar surface area (TPSA) is 84.9 Å². The number of fused-ring (bicyclic) bond motifs is 1. The van der Waals surface area contributed by atoms with Crippen molar-refractivity contribution >= 4 is 35.1 Å². The zero-order valence-electron chi connectivity index (χ0n) is 16.4. The number of hydrogen-bond acceptors (Lipinski definition) is 5. The van der Waals surface area contributed by atoms with Crippen LogP contribution in [0.15, 0.2) is 42.5 Å². The van der Waals surface area contributed by atoms with Gasteiger partial charge < -0.3 is 19.7 Å². The third kappa shape index (κ3) is 3.85. The van der Waals surface area contributed by atoms with Crippen molar-refractivity contribution in [1.29, 1.82) is 0 Å². The number of para-hydroxylation sites is 1. The van der Waals surface area contributed by atoms with Gasteiger partial charge in [0.15, 0.2) is 0 Å². The molecule has 1 saturated heterocycles. The number of rotatable bonds is 4. The van der Waals surface area contributed by atoms with Gasteiger partial charge in [0.05, 0.1) is 36.9 Å². The van der Waals surface area contributed by atoms with E-state index in [9.17, 15) is 14.4 Å². The number of anilines is 1. The largest absolute Gasteiger partial charge is 0.493 e. The van der Waals surface area contributed by atoms with Crippen molar-refractivity contribution < 1.29 is 23.9 Å². The first-order valence-electron chi connectivity index (χ1n) is 9.68. The van der Waals surface area contributed by atoms with Gasteiger partial charge in [-0.15, -0.1) is 0 Å². The number of halogens is 1. The van der Waals surface area contributed by atoms with E-state index in [0.29, 0.717) is 35.1 Å². The van der Waals surface area contributed by atoms with Crippen LogP contribution in [0.5, 0.6) is 5.75 Å². The molecule has 1 fully saturated rings. The maximum Gasteiger partial charge on any atom is 0.339 e. The van der Waals surface area contributed by atoms with Gasteiger partial charge in [0.2, 0.25) is 11.8 Å². The molecule has 156 valence electrons.